The van der Waals surface area contributed by atoms with E-state index in [9.17, 15) is 4.79 Å². The van der Waals surface area contributed by atoms with Crippen molar-refractivity contribution in [3.8, 4) is 0 Å². The molecule has 1 rings (SSSR count). The largest absolute Gasteiger partial charge is 0.480 e. The summed E-state index contributed by atoms with van der Waals surface area (Å²) in [5, 5.41) is 19.9. The van der Waals surface area contributed by atoms with E-state index in [1.165, 1.54) is 0 Å². The van der Waals surface area contributed by atoms with Gasteiger partial charge < -0.3 is 15.5 Å². The minimum atomic E-state index is -0.823. The summed E-state index contributed by atoms with van der Waals surface area (Å²) in [5.41, 5.74) is 0. The van der Waals surface area contributed by atoms with Crippen LogP contribution < -0.4 is 5.32 Å². The summed E-state index contributed by atoms with van der Waals surface area (Å²) in [7, 11) is 0. The quantitative estimate of drug-likeness (QED) is 0.468. The molecule has 3 N–H and O–H groups in total. The lowest BCUT2D eigenvalue weighted by Gasteiger charge is -2.01. The Bertz CT molecular complexity index is 137. The zero-order chi connectivity index (χ0) is 7.56. The molecular weight excluding hydrogens is 134 g/mol. The van der Waals surface area contributed by atoms with E-state index in [0.717, 1.165) is 0 Å². The van der Waals surface area contributed by atoms with Crippen LogP contribution in [0.2, 0.25) is 0 Å². The number of nitrogens with one attached hydrogen (secondary N) is 1. The molecule has 10 heavy (non-hydrogen) atoms. The van der Waals surface area contributed by atoms with Crippen molar-refractivity contribution in [3.63, 3.8) is 0 Å². The molecule has 0 aromatic carbocycles. The van der Waals surface area contributed by atoms with Crippen LogP contribution in [0.25, 0.3) is 0 Å². The molecule has 1 saturated heterocycles. The molecule has 1 aliphatic heterocycles. The monoisotopic (exact) mass is 145 g/mol. The van der Waals surface area contributed by atoms with Crippen LogP contribution in [0, 0.1) is 5.92 Å². The van der Waals surface area contributed by atoms with Gasteiger partial charge in [0.15, 0.2) is 0 Å². The number of aliphatic hydroxyl groups is 1. The Labute approximate surface area is 58.9 Å². The summed E-state index contributed by atoms with van der Waals surface area (Å²) in [6.07, 6.45) is 0.547. The molecule has 0 bridgehead atoms. The summed E-state index contributed by atoms with van der Waals surface area (Å²) in [4.78, 5) is 10.3. The Morgan fingerprint density at radius 2 is 2.40 bits per heavy atom. The highest BCUT2D eigenvalue weighted by Gasteiger charge is 2.28. The van der Waals surface area contributed by atoms with Gasteiger partial charge in [0.05, 0.1) is 0 Å². The second-order valence-corrected chi connectivity index (χ2v) is 2.58. The van der Waals surface area contributed by atoms with E-state index >= 15 is 0 Å². The third kappa shape index (κ3) is 1.46. The fraction of sp³-hybridized carbons (Fsp3) is 0.833. The first-order chi connectivity index (χ1) is 4.74. The number of carboxylic acid groups (broad SMARTS) is 1. The summed E-state index contributed by atoms with van der Waals surface area (Å²) in [6, 6.07) is -0.447. The number of carbonyl (C=O) groups is 1. The van der Waals surface area contributed by atoms with E-state index in [-0.39, 0.29) is 12.5 Å². The Kier molecular flexibility index (Phi) is 2.24. The lowest BCUT2D eigenvalue weighted by Crippen LogP contribution is -2.29. The highest BCUT2D eigenvalue weighted by Crippen LogP contribution is 2.12. The normalized spacial score (nSPS) is 32.5. The summed E-state index contributed by atoms with van der Waals surface area (Å²) < 4.78 is 0. The van der Waals surface area contributed by atoms with Gasteiger partial charge in [-0.15, -0.1) is 0 Å². The molecule has 0 unspecified atom stereocenters. The van der Waals surface area contributed by atoms with E-state index in [4.69, 9.17) is 10.2 Å². The molecule has 0 spiro atoms. The van der Waals surface area contributed by atoms with Crippen LogP contribution in [-0.4, -0.2) is 35.4 Å². The van der Waals surface area contributed by atoms with Crippen LogP contribution >= 0.6 is 0 Å². The molecule has 58 valence electrons. The average Bonchev–Trinajstić information content (AvgIpc) is 2.34. The molecule has 1 heterocycles. The van der Waals surface area contributed by atoms with Crippen molar-refractivity contribution in [1.29, 1.82) is 0 Å². The number of rotatable bonds is 2. The zero-order valence-corrected chi connectivity index (χ0v) is 5.58. The molecule has 0 amide bonds. The number of carboxylic acids is 1. The van der Waals surface area contributed by atoms with E-state index in [2.05, 4.69) is 5.32 Å². The summed E-state index contributed by atoms with van der Waals surface area (Å²) in [6.45, 7) is 0.699. The van der Waals surface area contributed by atoms with Crippen LogP contribution in [-0.2, 0) is 4.79 Å². The maximum atomic E-state index is 10.3. The molecule has 1 aliphatic rings. The van der Waals surface area contributed by atoms with Crippen LogP contribution in [0.5, 0.6) is 0 Å². The van der Waals surface area contributed by atoms with Crippen molar-refractivity contribution in [1.82, 2.24) is 5.32 Å². The molecule has 4 heteroatoms. The van der Waals surface area contributed by atoms with Crippen LogP contribution in [0.1, 0.15) is 6.42 Å². The van der Waals surface area contributed by atoms with Crippen molar-refractivity contribution < 1.29 is 15.0 Å². The van der Waals surface area contributed by atoms with E-state index < -0.39 is 12.0 Å². The Balaban J connectivity index is 2.35. The number of hydrogen-bond donors (Lipinski definition) is 3. The Hall–Kier alpha value is -0.610. The fourth-order valence-corrected chi connectivity index (χ4v) is 1.14. The molecule has 0 saturated carbocycles. The molecule has 2 atom stereocenters. The van der Waals surface area contributed by atoms with Crippen LogP contribution in [0.3, 0.4) is 0 Å². The second kappa shape index (κ2) is 2.98. The average molecular weight is 145 g/mol. The fourth-order valence-electron chi connectivity index (χ4n) is 1.14. The van der Waals surface area contributed by atoms with Crippen LogP contribution in [0.4, 0.5) is 0 Å². The van der Waals surface area contributed by atoms with Crippen molar-refractivity contribution in [2.75, 3.05) is 13.2 Å². The van der Waals surface area contributed by atoms with Gasteiger partial charge in [-0.1, -0.05) is 0 Å². The molecule has 0 aromatic heterocycles. The van der Waals surface area contributed by atoms with Crippen molar-refractivity contribution in [2.45, 2.75) is 12.5 Å². The van der Waals surface area contributed by atoms with Gasteiger partial charge in [0, 0.05) is 13.2 Å². The maximum absolute atomic E-state index is 10.3. The van der Waals surface area contributed by atoms with Crippen molar-refractivity contribution in [2.24, 2.45) is 5.92 Å². The van der Waals surface area contributed by atoms with E-state index in [1.807, 2.05) is 0 Å². The molecule has 0 aliphatic carbocycles. The predicted molar refractivity (Wildman–Crippen MR) is 34.6 cm³/mol. The third-order valence-electron chi connectivity index (χ3n) is 1.78. The smallest absolute Gasteiger partial charge is 0.320 e. The Morgan fingerprint density at radius 1 is 1.70 bits per heavy atom. The van der Waals surface area contributed by atoms with Gasteiger partial charge in [-0.05, 0) is 12.3 Å². The summed E-state index contributed by atoms with van der Waals surface area (Å²) >= 11 is 0. The van der Waals surface area contributed by atoms with Gasteiger partial charge in [0.1, 0.15) is 6.04 Å². The maximum Gasteiger partial charge on any atom is 0.320 e. The van der Waals surface area contributed by atoms with E-state index in [1.54, 1.807) is 0 Å². The third-order valence-corrected chi connectivity index (χ3v) is 1.78. The van der Waals surface area contributed by atoms with Crippen LogP contribution in [0.15, 0.2) is 0 Å². The second-order valence-electron chi connectivity index (χ2n) is 2.58. The zero-order valence-electron chi connectivity index (χ0n) is 5.58. The van der Waals surface area contributed by atoms with Crippen molar-refractivity contribution >= 4 is 5.97 Å². The highest BCUT2D eigenvalue weighted by molar-refractivity contribution is 5.73. The summed E-state index contributed by atoms with van der Waals surface area (Å²) in [5.74, 6) is -0.697. The lowest BCUT2D eigenvalue weighted by atomic mass is 10.1. The minimum Gasteiger partial charge on any atom is -0.480 e. The van der Waals surface area contributed by atoms with Gasteiger partial charge in [-0.3, -0.25) is 4.79 Å². The number of hydrogen-bond acceptors (Lipinski definition) is 3. The van der Waals surface area contributed by atoms with E-state index in [0.29, 0.717) is 13.0 Å². The molecule has 0 aromatic rings. The Morgan fingerprint density at radius 3 is 2.70 bits per heavy atom. The standard InChI is InChI=1S/C6H11NO3/c8-3-4-1-5(6(9)10)7-2-4/h4-5,7-8H,1-3H2,(H,9,10)/t4-,5+/m1/s1. The highest BCUT2D eigenvalue weighted by atomic mass is 16.4. The number of aliphatic hydroxyl groups excluding tert-OH is 1. The molecule has 4 nitrogen and oxygen atoms in total. The minimum absolute atomic E-state index is 0.0801. The molecule has 1 fully saturated rings. The molecule has 0 radical (unpaired) electrons. The van der Waals surface area contributed by atoms with Gasteiger partial charge in [0.2, 0.25) is 0 Å². The molecular formula is C6H11NO3. The first-order valence-corrected chi connectivity index (χ1v) is 3.31. The topological polar surface area (TPSA) is 69.6 Å². The first-order valence-electron chi connectivity index (χ1n) is 3.31. The van der Waals surface area contributed by atoms with Gasteiger partial charge >= 0.3 is 5.97 Å². The first kappa shape index (κ1) is 7.50. The lowest BCUT2D eigenvalue weighted by molar-refractivity contribution is -0.139. The van der Waals surface area contributed by atoms with Gasteiger partial charge in [-0.25, -0.2) is 0 Å². The SMILES string of the molecule is O=C(O)[C@@H]1C[C@@H](CO)CN1. The number of aliphatic carboxylic acids is 1. The predicted octanol–water partition coefficient (Wildman–Crippen LogP) is -0.959. The van der Waals surface area contributed by atoms with Gasteiger partial charge in [-0.2, -0.15) is 0 Å². The van der Waals surface area contributed by atoms with Crippen molar-refractivity contribution in [3.05, 3.63) is 0 Å². The van der Waals surface area contributed by atoms with Gasteiger partial charge in [0.25, 0.3) is 0 Å².